The molecule has 0 aromatic carbocycles. The summed E-state index contributed by atoms with van der Waals surface area (Å²) in [4.78, 5) is 0. The average molecular weight is 227 g/mol. The second-order valence-electron chi connectivity index (χ2n) is 4.54. The van der Waals surface area contributed by atoms with E-state index in [4.69, 9.17) is 12.2 Å². The molecule has 0 saturated heterocycles. The minimum absolute atomic E-state index is 0.407. The molecule has 0 aliphatic heterocycles. The Balaban J connectivity index is 3.11. The normalized spacial score (nSPS) is 15.6. The number of nitrogens with one attached hydrogen (secondary N) is 1. The first kappa shape index (κ1) is 12.4. The summed E-state index contributed by atoms with van der Waals surface area (Å²) in [7, 11) is 0. The van der Waals surface area contributed by atoms with Gasteiger partial charge in [-0.2, -0.15) is 5.10 Å². The molecule has 1 aromatic heterocycles. The van der Waals surface area contributed by atoms with Gasteiger partial charge in [0.05, 0.1) is 0 Å². The smallest absolute Gasteiger partial charge is 0.195 e. The van der Waals surface area contributed by atoms with E-state index in [1.165, 1.54) is 0 Å². The lowest BCUT2D eigenvalue weighted by molar-refractivity contribution is 0.355. The van der Waals surface area contributed by atoms with Crippen molar-refractivity contribution in [1.82, 2.24) is 14.8 Å². The number of aromatic nitrogens is 3. The van der Waals surface area contributed by atoms with Crippen LogP contribution in [0.3, 0.4) is 0 Å². The number of aromatic amines is 1. The molecule has 0 aliphatic carbocycles. The van der Waals surface area contributed by atoms with Gasteiger partial charge in [0.25, 0.3) is 0 Å². The van der Waals surface area contributed by atoms with Crippen molar-refractivity contribution < 1.29 is 0 Å². The van der Waals surface area contributed by atoms with Gasteiger partial charge in [0.15, 0.2) is 4.77 Å². The van der Waals surface area contributed by atoms with Crippen LogP contribution in [0.4, 0.5) is 0 Å². The Morgan fingerprint density at radius 1 is 1.33 bits per heavy atom. The largest absolute Gasteiger partial charge is 0.301 e. The lowest BCUT2D eigenvalue weighted by Gasteiger charge is -2.22. The third-order valence-corrected chi connectivity index (χ3v) is 3.41. The molecule has 0 amide bonds. The molecule has 0 saturated carbocycles. The van der Waals surface area contributed by atoms with Crippen molar-refractivity contribution in [3.63, 3.8) is 0 Å². The van der Waals surface area contributed by atoms with E-state index in [0.717, 1.165) is 17.0 Å². The molecule has 1 aromatic rings. The van der Waals surface area contributed by atoms with Gasteiger partial charge in [-0.25, -0.2) is 0 Å². The van der Waals surface area contributed by atoms with Crippen LogP contribution in [0.15, 0.2) is 0 Å². The third-order valence-electron chi connectivity index (χ3n) is 3.12. The van der Waals surface area contributed by atoms with Crippen LogP contribution in [0.2, 0.25) is 0 Å². The first-order valence-electron chi connectivity index (χ1n) is 5.65. The highest BCUT2D eigenvalue weighted by Gasteiger charge is 2.18. The van der Waals surface area contributed by atoms with Gasteiger partial charge < -0.3 is 4.57 Å². The topological polar surface area (TPSA) is 33.6 Å². The van der Waals surface area contributed by atoms with Crippen LogP contribution in [0.5, 0.6) is 0 Å². The highest BCUT2D eigenvalue weighted by Crippen LogP contribution is 2.24. The molecule has 0 aliphatic rings. The number of hydrogen-bond acceptors (Lipinski definition) is 2. The molecular formula is C11H21N3S. The Hall–Kier alpha value is -0.640. The molecule has 2 atom stereocenters. The Labute approximate surface area is 96.9 Å². The van der Waals surface area contributed by atoms with Crippen molar-refractivity contribution in [3.05, 3.63) is 10.6 Å². The molecule has 0 fully saturated rings. The minimum Gasteiger partial charge on any atom is -0.301 e. The molecular weight excluding hydrogens is 206 g/mol. The summed E-state index contributed by atoms with van der Waals surface area (Å²) in [6.07, 6.45) is 1.16. The molecule has 1 N–H and O–H groups in total. The van der Waals surface area contributed by atoms with Gasteiger partial charge in [0, 0.05) is 12.0 Å². The first-order valence-corrected chi connectivity index (χ1v) is 6.06. The summed E-state index contributed by atoms with van der Waals surface area (Å²) in [6.45, 7) is 11.0. The highest BCUT2D eigenvalue weighted by atomic mass is 32.1. The van der Waals surface area contributed by atoms with Crippen LogP contribution < -0.4 is 0 Å². The number of hydrogen-bond donors (Lipinski definition) is 1. The van der Waals surface area contributed by atoms with Crippen LogP contribution in [0.1, 0.15) is 58.8 Å². The minimum atomic E-state index is 0.407. The fourth-order valence-electron chi connectivity index (χ4n) is 1.71. The first-order chi connectivity index (χ1) is 6.99. The van der Waals surface area contributed by atoms with Gasteiger partial charge >= 0.3 is 0 Å². The summed E-state index contributed by atoms with van der Waals surface area (Å²) in [5.74, 6) is 2.09. The fourth-order valence-corrected chi connectivity index (χ4v) is 2.02. The van der Waals surface area contributed by atoms with Gasteiger partial charge in [0.2, 0.25) is 0 Å². The van der Waals surface area contributed by atoms with Gasteiger partial charge in [-0.3, -0.25) is 5.10 Å². The lowest BCUT2D eigenvalue weighted by atomic mass is 10.00. The van der Waals surface area contributed by atoms with E-state index in [2.05, 4.69) is 49.4 Å². The van der Waals surface area contributed by atoms with Crippen molar-refractivity contribution in [1.29, 1.82) is 0 Å². The van der Waals surface area contributed by atoms with Gasteiger partial charge in [-0.15, -0.1) is 0 Å². The molecule has 2 unspecified atom stereocenters. The molecule has 3 nitrogen and oxygen atoms in total. The summed E-state index contributed by atoms with van der Waals surface area (Å²) in [5, 5.41) is 7.19. The molecule has 4 heteroatoms. The second-order valence-corrected chi connectivity index (χ2v) is 4.92. The van der Waals surface area contributed by atoms with E-state index in [9.17, 15) is 0 Å². The van der Waals surface area contributed by atoms with E-state index in [-0.39, 0.29) is 0 Å². The standard InChI is InChI=1S/C11H21N3S/c1-6-8(4)9(5)14-10(7(2)3)12-13-11(14)15/h7-9H,6H2,1-5H3,(H,13,15). The van der Waals surface area contributed by atoms with Gasteiger partial charge in [0.1, 0.15) is 5.82 Å². The van der Waals surface area contributed by atoms with E-state index in [1.54, 1.807) is 0 Å². The zero-order chi connectivity index (χ0) is 11.6. The monoisotopic (exact) mass is 227 g/mol. The quantitative estimate of drug-likeness (QED) is 0.796. The van der Waals surface area contributed by atoms with Crippen molar-refractivity contribution in [3.8, 4) is 0 Å². The molecule has 86 valence electrons. The molecule has 0 radical (unpaired) electrons. The van der Waals surface area contributed by atoms with Crippen LogP contribution in [0, 0.1) is 10.7 Å². The zero-order valence-corrected chi connectivity index (χ0v) is 11.1. The van der Waals surface area contributed by atoms with Crippen molar-refractivity contribution in [2.75, 3.05) is 0 Å². The third kappa shape index (κ3) is 2.48. The predicted molar refractivity (Wildman–Crippen MR) is 65.7 cm³/mol. The van der Waals surface area contributed by atoms with Crippen molar-refractivity contribution in [2.24, 2.45) is 5.92 Å². The molecule has 15 heavy (non-hydrogen) atoms. The summed E-state index contributed by atoms with van der Waals surface area (Å²) >= 11 is 5.28. The molecule has 0 bridgehead atoms. The Kier molecular flexibility index (Phi) is 4.08. The van der Waals surface area contributed by atoms with Crippen LogP contribution >= 0.6 is 12.2 Å². The molecule has 1 rings (SSSR count). The lowest BCUT2D eigenvalue weighted by Crippen LogP contribution is -2.17. The number of nitrogens with zero attached hydrogens (tertiary/aromatic N) is 2. The van der Waals surface area contributed by atoms with E-state index >= 15 is 0 Å². The maximum atomic E-state index is 5.28. The predicted octanol–water partition coefficient (Wildman–Crippen LogP) is 3.67. The van der Waals surface area contributed by atoms with E-state index in [0.29, 0.717) is 17.9 Å². The van der Waals surface area contributed by atoms with Crippen molar-refractivity contribution >= 4 is 12.2 Å². The SMILES string of the molecule is CCC(C)C(C)n1c(C(C)C)n[nH]c1=S. The zero-order valence-electron chi connectivity index (χ0n) is 10.2. The summed E-state index contributed by atoms with van der Waals surface area (Å²) < 4.78 is 2.90. The van der Waals surface area contributed by atoms with Crippen LogP contribution in [0.25, 0.3) is 0 Å². The van der Waals surface area contributed by atoms with E-state index < -0.39 is 0 Å². The van der Waals surface area contributed by atoms with Crippen LogP contribution in [-0.2, 0) is 0 Å². The Bertz CT molecular complexity index is 364. The number of H-pyrrole nitrogens is 1. The molecule has 0 spiro atoms. The van der Waals surface area contributed by atoms with Gasteiger partial charge in [-0.1, -0.05) is 34.1 Å². The van der Waals surface area contributed by atoms with Crippen molar-refractivity contribution in [2.45, 2.75) is 53.0 Å². The van der Waals surface area contributed by atoms with Crippen LogP contribution in [-0.4, -0.2) is 14.8 Å². The molecule has 1 heterocycles. The van der Waals surface area contributed by atoms with E-state index in [1.807, 2.05) is 0 Å². The fraction of sp³-hybridized carbons (Fsp3) is 0.818. The highest BCUT2D eigenvalue weighted by molar-refractivity contribution is 7.71. The maximum absolute atomic E-state index is 5.28. The average Bonchev–Trinajstić information content (AvgIpc) is 2.58. The Morgan fingerprint density at radius 2 is 1.93 bits per heavy atom. The number of rotatable bonds is 4. The summed E-state index contributed by atoms with van der Waals surface area (Å²) in [5.41, 5.74) is 0. The second kappa shape index (κ2) is 4.92. The Morgan fingerprint density at radius 3 is 2.40 bits per heavy atom. The summed E-state index contributed by atoms with van der Waals surface area (Å²) in [6, 6.07) is 0.415. The maximum Gasteiger partial charge on any atom is 0.195 e. The van der Waals surface area contributed by atoms with Gasteiger partial charge in [-0.05, 0) is 25.1 Å².